The average Bonchev–Trinajstić information content (AvgIpc) is 2.36. The first kappa shape index (κ1) is 12.4. The van der Waals surface area contributed by atoms with E-state index in [1.807, 2.05) is 13.8 Å². The highest BCUT2D eigenvalue weighted by Crippen LogP contribution is 2.33. The van der Waals surface area contributed by atoms with Crippen molar-refractivity contribution < 1.29 is 19.1 Å². The number of fused-ring (bicyclic) bond motifs is 1. The zero-order chi connectivity index (χ0) is 13.1. The molecule has 0 saturated heterocycles. The van der Waals surface area contributed by atoms with Crippen molar-refractivity contribution in [3.63, 3.8) is 0 Å². The minimum Gasteiger partial charge on any atom is -0.490 e. The molecule has 0 aliphatic heterocycles. The Morgan fingerprint density at radius 3 is 1.56 bits per heavy atom. The highest BCUT2D eigenvalue weighted by molar-refractivity contribution is 6.22. The molecule has 0 aromatic heterocycles. The minimum absolute atomic E-state index is 0.186. The molecule has 0 atom stereocenters. The SMILES string of the molecule is CCOc1cc2c(cc1OCC)C(=O)C=CC2=O. The van der Waals surface area contributed by atoms with E-state index in [0.29, 0.717) is 35.8 Å². The molecular formula is C14H14O4. The van der Waals surface area contributed by atoms with Crippen molar-refractivity contribution in [2.24, 2.45) is 0 Å². The second kappa shape index (κ2) is 5.04. The fourth-order valence-electron chi connectivity index (χ4n) is 1.84. The van der Waals surface area contributed by atoms with Crippen LogP contribution in [0.5, 0.6) is 11.5 Å². The summed E-state index contributed by atoms with van der Waals surface area (Å²) >= 11 is 0. The van der Waals surface area contributed by atoms with Gasteiger partial charge in [-0.25, -0.2) is 0 Å². The van der Waals surface area contributed by atoms with Crippen LogP contribution in [0.2, 0.25) is 0 Å². The first-order valence-electron chi connectivity index (χ1n) is 5.87. The molecule has 4 heteroatoms. The fourth-order valence-corrected chi connectivity index (χ4v) is 1.84. The largest absolute Gasteiger partial charge is 0.490 e. The molecule has 0 fully saturated rings. The Balaban J connectivity index is 2.54. The van der Waals surface area contributed by atoms with Crippen LogP contribution in [0, 0.1) is 0 Å². The van der Waals surface area contributed by atoms with Crippen molar-refractivity contribution in [2.45, 2.75) is 13.8 Å². The molecule has 18 heavy (non-hydrogen) atoms. The van der Waals surface area contributed by atoms with Gasteiger partial charge >= 0.3 is 0 Å². The van der Waals surface area contributed by atoms with Crippen LogP contribution in [-0.4, -0.2) is 24.8 Å². The zero-order valence-electron chi connectivity index (χ0n) is 10.4. The van der Waals surface area contributed by atoms with Crippen LogP contribution in [0.1, 0.15) is 34.6 Å². The lowest BCUT2D eigenvalue weighted by atomic mass is 9.94. The highest BCUT2D eigenvalue weighted by atomic mass is 16.5. The van der Waals surface area contributed by atoms with Crippen LogP contribution >= 0.6 is 0 Å². The van der Waals surface area contributed by atoms with Crippen molar-refractivity contribution in [3.05, 3.63) is 35.4 Å². The summed E-state index contributed by atoms with van der Waals surface area (Å²) in [6, 6.07) is 3.15. The van der Waals surface area contributed by atoms with E-state index in [1.165, 1.54) is 12.2 Å². The number of ketones is 2. The van der Waals surface area contributed by atoms with Gasteiger partial charge in [-0.15, -0.1) is 0 Å². The molecule has 4 nitrogen and oxygen atoms in total. The van der Waals surface area contributed by atoms with Gasteiger partial charge in [-0.05, 0) is 38.1 Å². The quantitative estimate of drug-likeness (QED) is 0.818. The van der Waals surface area contributed by atoms with E-state index < -0.39 is 0 Å². The third-order valence-electron chi connectivity index (χ3n) is 2.60. The molecule has 0 unspecified atom stereocenters. The Morgan fingerprint density at radius 2 is 1.22 bits per heavy atom. The number of hydrogen-bond donors (Lipinski definition) is 0. The monoisotopic (exact) mass is 246 g/mol. The number of rotatable bonds is 4. The van der Waals surface area contributed by atoms with E-state index in [-0.39, 0.29) is 11.6 Å². The van der Waals surface area contributed by atoms with E-state index in [9.17, 15) is 9.59 Å². The minimum atomic E-state index is -0.186. The fraction of sp³-hybridized carbons (Fsp3) is 0.286. The maximum Gasteiger partial charge on any atom is 0.186 e. The van der Waals surface area contributed by atoms with Gasteiger partial charge < -0.3 is 9.47 Å². The molecule has 0 spiro atoms. The summed E-state index contributed by atoms with van der Waals surface area (Å²) in [7, 11) is 0. The molecule has 1 aromatic rings. The Labute approximate surface area is 105 Å². The van der Waals surface area contributed by atoms with Crippen LogP contribution in [0.25, 0.3) is 0 Å². The summed E-state index contributed by atoms with van der Waals surface area (Å²) in [5.41, 5.74) is 0.740. The molecule has 0 radical (unpaired) electrons. The van der Waals surface area contributed by atoms with Gasteiger partial charge in [0.05, 0.1) is 13.2 Å². The Bertz CT molecular complexity index is 482. The van der Waals surface area contributed by atoms with Crippen LogP contribution < -0.4 is 9.47 Å². The molecule has 1 aliphatic carbocycles. The van der Waals surface area contributed by atoms with Crippen LogP contribution in [0.3, 0.4) is 0 Å². The molecular weight excluding hydrogens is 232 g/mol. The maximum absolute atomic E-state index is 11.7. The third kappa shape index (κ3) is 2.14. The molecule has 1 aliphatic rings. The van der Waals surface area contributed by atoms with E-state index >= 15 is 0 Å². The van der Waals surface area contributed by atoms with E-state index in [1.54, 1.807) is 12.1 Å². The predicted molar refractivity (Wildman–Crippen MR) is 66.6 cm³/mol. The van der Waals surface area contributed by atoms with Crippen LogP contribution in [0.15, 0.2) is 24.3 Å². The van der Waals surface area contributed by atoms with Crippen molar-refractivity contribution in [2.75, 3.05) is 13.2 Å². The number of carbonyl (C=O) groups is 2. The number of hydrogen-bond acceptors (Lipinski definition) is 4. The van der Waals surface area contributed by atoms with Crippen molar-refractivity contribution in [3.8, 4) is 11.5 Å². The number of allylic oxidation sites excluding steroid dienone is 2. The number of ether oxygens (including phenoxy) is 2. The summed E-state index contributed by atoms with van der Waals surface area (Å²) in [4.78, 5) is 23.4. The molecule has 94 valence electrons. The van der Waals surface area contributed by atoms with E-state index in [0.717, 1.165) is 0 Å². The summed E-state index contributed by atoms with van der Waals surface area (Å²) in [6.07, 6.45) is 2.56. The standard InChI is InChI=1S/C14H14O4/c1-3-17-13-7-9-10(8-14(13)18-4-2)12(16)6-5-11(9)15/h5-8H,3-4H2,1-2H3. The lowest BCUT2D eigenvalue weighted by molar-refractivity contribution is 0.0993. The molecule has 2 rings (SSSR count). The van der Waals surface area contributed by atoms with Gasteiger partial charge in [-0.2, -0.15) is 0 Å². The zero-order valence-corrected chi connectivity index (χ0v) is 10.4. The molecule has 0 N–H and O–H groups in total. The summed E-state index contributed by atoms with van der Waals surface area (Å²) in [5.74, 6) is 0.617. The second-order valence-corrected chi connectivity index (χ2v) is 3.77. The van der Waals surface area contributed by atoms with Gasteiger partial charge in [0.25, 0.3) is 0 Å². The topological polar surface area (TPSA) is 52.6 Å². The molecule has 0 amide bonds. The van der Waals surface area contributed by atoms with Crippen LogP contribution in [-0.2, 0) is 0 Å². The van der Waals surface area contributed by atoms with Gasteiger partial charge in [0.1, 0.15) is 0 Å². The summed E-state index contributed by atoms with van der Waals surface area (Å²) in [5, 5.41) is 0. The van der Waals surface area contributed by atoms with Crippen molar-refractivity contribution in [1.82, 2.24) is 0 Å². The van der Waals surface area contributed by atoms with Crippen LogP contribution in [0.4, 0.5) is 0 Å². The first-order chi connectivity index (χ1) is 8.67. The maximum atomic E-state index is 11.7. The van der Waals surface area contributed by atoms with Gasteiger partial charge in [0.2, 0.25) is 0 Å². The van der Waals surface area contributed by atoms with E-state index in [2.05, 4.69) is 0 Å². The lowest BCUT2D eigenvalue weighted by Gasteiger charge is -2.15. The Kier molecular flexibility index (Phi) is 3.46. The highest BCUT2D eigenvalue weighted by Gasteiger charge is 2.22. The second-order valence-electron chi connectivity index (χ2n) is 3.77. The molecule has 0 bridgehead atoms. The normalized spacial score (nSPS) is 13.4. The summed E-state index contributed by atoms with van der Waals surface area (Å²) in [6.45, 7) is 4.64. The van der Waals surface area contributed by atoms with E-state index in [4.69, 9.17) is 9.47 Å². The molecule has 0 saturated carbocycles. The summed E-state index contributed by atoms with van der Waals surface area (Å²) < 4.78 is 10.9. The van der Waals surface area contributed by atoms with Gasteiger partial charge in [-0.1, -0.05) is 0 Å². The third-order valence-corrected chi connectivity index (χ3v) is 2.60. The van der Waals surface area contributed by atoms with Gasteiger partial charge in [-0.3, -0.25) is 9.59 Å². The molecule has 1 aromatic carbocycles. The lowest BCUT2D eigenvalue weighted by Crippen LogP contribution is -2.13. The molecule has 0 heterocycles. The predicted octanol–water partition coefficient (Wildman–Crippen LogP) is 2.42. The first-order valence-corrected chi connectivity index (χ1v) is 5.87. The number of carbonyl (C=O) groups excluding carboxylic acids is 2. The van der Waals surface area contributed by atoms with Gasteiger partial charge in [0, 0.05) is 11.1 Å². The average molecular weight is 246 g/mol. The van der Waals surface area contributed by atoms with Crippen molar-refractivity contribution >= 4 is 11.6 Å². The van der Waals surface area contributed by atoms with Crippen molar-refractivity contribution in [1.29, 1.82) is 0 Å². The van der Waals surface area contributed by atoms with Gasteiger partial charge in [0.15, 0.2) is 23.1 Å². The number of benzene rings is 1. The smallest absolute Gasteiger partial charge is 0.186 e. The Hall–Kier alpha value is -2.10. The Morgan fingerprint density at radius 1 is 0.833 bits per heavy atom.